The lowest BCUT2D eigenvalue weighted by Crippen LogP contribution is -2.39. The van der Waals surface area contributed by atoms with Gasteiger partial charge in [0.25, 0.3) is 0 Å². The number of aromatic nitrogens is 2. The van der Waals surface area contributed by atoms with Crippen molar-refractivity contribution in [2.24, 2.45) is 12.5 Å². The van der Waals surface area contributed by atoms with Gasteiger partial charge in [0.1, 0.15) is 5.15 Å². The Labute approximate surface area is 118 Å². The lowest BCUT2D eigenvalue weighted by molar-refractivity contribution is -0.129. The van der Waals surface area contributed by atoms with E-state index >= 15 is 0 Å². The van der Waals surface area contributed by atoms with Crippen molar-refractivity contribution in [2.45, 2.75) is 26.8 Å². The van der Waals surface area contributed by atoms with E-state index < -0.39 is 0 Å². The first-order valence-corrected chi connectivity index (χ1v) is 6.87. The normalized spacial score (nSPS) is 23.8. The number of nitrogens with one attached hydrogen (secondary N) is 1. The largest absolute Gasteiger partial charge is 0.359 e. The van der Waals surface area contributed by atoms with Gasteiger partial charge in [-0.25, -0.2) is 0 Å². The highest BCUT2D eigenvalue weighted by Crippen LogP contribution is 2.32. The van der Waals surface area contributed by atoms with Crippen LogP contribution in [0.4, 0.5) is 0 Å². The second-order valence-corrected chi connectivity index (χ2v) is 5.94. The second-order valence-electron chi connectivity index (χ2n) is 5.58. The molecule has 0 spiro atoms. The Morgan fingerprint density at radius 3 is 2.79 bits per heavy atom. The first kappa shape index (κ1) is 14.3. The third-order valence-corrected chi connectivity index (χ3v) is 4.45. The molecular formula is C13H21ClN4O. The molecule has 1 aliphatic heterocycles. The molecule has 19 heavy (non-hydrogen) atoms. The number of halogens is 1. The number of carbonyl (C=O) groups is 1. The summed E-state index contributed by atoms with van der Waals surface area (Å²) in [4.78, 5) is 14.2. The van der Waals surface area contributed by atoms with Gasteiger partial charge in [0.05, 0.1) is 11.1 Å². The molecule has 1 N–H and O–H groups in total. The number of carbonyl (C=O) groups excluding carboxylic acids is 1. The van der Waals surface area contributed by atoms with Crippen LogP contribution in [0.1, 0.15) is 24.6 Å². The third-order valence-electron chi connectivity index (χ3n) is 3.98. The summed E-state index contributed by atoms with van der Waals surface area (Å²) in [6, 6.07) is 0. The van der Waals surface area contributed by atoms with Crippen molar-refractivity contribution in [2.75, 3.05) is 20.1 Å². The lowest BCUT2D eigenvalue weighted by atomic mass is 9.89. The predicted octanol–water partition coefficient (Wildman–Crippen LogP) is 1.34. The highest BCUT2D eigenvalue weighted by Gasteiger charge is 2.39. The summed E-state index contributed by atoms with van der Waals surface area (Å²) in [5, 5.41) is 7.76. The molecule has 106 valence electrons. The van der Waals surface area contributed by atoms with Gasteiger partial charge in [-0.15, -0.1) is 0 Å². The fraction of sp³-hybridized carbons (Fsp3) is 0.692. The van der Waals surface area contributed by atoms with Crippen molar-refractivity contribution in [3.63, 3.8) is 0 Å². The van der Waals surface area contributed by atoms with Crippen LogP contribution in [0.2, 0.25) is 5.15 Å². The molecule has 1 fully saturated rings. The van der Waals surface area contributed by atoms with E-state index in [0.717, 1.165) is 37.3 Å². The molecule has 0 aliphatic carbocycles. The molecule has 2 heterocycles. The van der Waals surface area contributed by atoms with Crippen LogP contribution in [0.15, 0.2) is 0 Å². The van der Waals surface area contributed by atoms with Crippen molar-refractivity contribution < 1.29 is 4.79 Å². The van der Waals surface area contributed by atoms with Gasteiger partial charge in [0, 0.05) is 32.7 Å². The average molecular weight is 285 g/mol. The molecule has 0 radical (unpaired) electrons. The summed E-state index contributed by atoms with van der Waals surface area (Å²) < 4.78 is 1.69. The third kappa shape index (κ3) is 2.62. The zero-order valence-corrected chi connectivity index (χ0v) is 12.7. The molecule has 0 saturated carbocycles. The molecule has 1 atom stereocenters. The number of likely N-dealkylation sites (tertiary alicyclic amines) is 1. The molecule has 2 rings (SSSR count). The topological polar surface area (TPSA) is 50.2 Å². The Morgan fingerprint density at radius 1 is 1.58 bits per heavy atom. The Balaban J connectivity index is 2.08. The molecule has 1 amide bonds. The van der Waals surface area contributed by atoms with E-state index in [1.165, 1.54) is 0 Å². The van der Waals surface area contributed by atoms with Crippen molar-refractivity contribution in [1.29, 1.82) is 0 Å². The maximum Gasteiger partial charge on any atom is 0.227 e. The van der Waals surface area contributed by atoms with Gasteiger partial charge in [0.2, 0.25) is 5.91 Å². The zero-order chi connectivity index (χ0) is 14.2. The quantitative estimate of drug-likeness (QED) is 0.911. The number of aryl methyl sites for hydroxylation is 2. The maximum atomic E-state index is 11.9. The van der Waals surface area contributed by atoms with Gasteiger partial charge in [-0.05, 0) is 26.8 Å². The fourth-order valence-electron chi connectivity index (χ4n) is 2.76. The van der Waals surface area contributed by atoms with Crippen LogP contribution < -0.4 is 5.32 Å². The molecule has 1 aromatic rings. The van der Waals surface area contributed by atoms with E-state index in [-0.39, 0.29) is 11.3 Å². The van der Waals surface area contributed by atoms with Gasteiger partial charge < -0.3 is 5.32 Å². The lowest BCUT2D eigenvalue weighted by Gasteiger charge is -2.22. The zero-order valence-electron chi connectivity index (χ0n) is 12.0. The highest BCUT2D eigenvalue weighted by molar-refractivity contribution is 6.30. The van der Waals surface area contributed by atoms with Crippen molar-refractivity contribution in [3.05, 3.63) is 16.4 Å². The first-order valence-electron chi connectivity index (χ1n) is 6.50. The van der Waals surface area contributed by atoms with Crippen LogP contribution >= 0.6 is 11.6 Å². The van der Waals surface area contributed by atoms with Crippen molar-refractivity contribution in [3.8, 4) is 0 Å². The maximum absolute atomic E-state index is 11.9. The van der Waals surface area contributed by atoms with E-state index in [1.807, 2.05) is 20.9 Å². The number of hydrogen-bond donors (Lipinski definition) is 1. The minimum absolute atomic E-state index is 0.115. The SMILES string of the molecule is CNC(=O)C1(C)CCN(Cc2c(C)nn(C)c2Cl)C1. The Kier molecular flexibility index (Phi) is 3.87. The summed E-state index contributed by atoms with van der Waals surface area (Å²) in [5.41, 5.74) is 1.73. The standard InChI is InChI=1S/C13H21ClN4O/c1-9-10(11(14)17(4)16-9)7-18-6-5-13(2,8-18)12(19)15-3/h5-8H2,1-4H3,(H,15,19). The van der Waals surface area contributed by atoms with Crippen LogP contribution in [0.25, 0.3) is 0 Å². The van der Waals surface area contributed by atoms with Crippen LogP contribution in [-0.2, 0) is 18.4 Å². The van der Waals surface area contributed by atoms with E-state index in [0.29, 0.717) is 5.15 Å². The first-order chi connectivity index (χ1) is 8.87. The van der Waals surface area contributed by atoms with Gasteiger partial charge >= 0.3 is 0 Å². The van der Waals surface area contributed by atoms with E-state index in [4.69, 9.17) is 11.6 Å². The molecule has 0 aromatic carbocycles. The Morgan fingerprint density at radius 2 is 2.26 bits per heavy atom. The summed E-state index contributed by atoms with van der Waals surface area (Å²) >= 11 is 6.25. The molecule has 1 unspecified atom stereocenters. The van der Waals surface area contributed by atoms with E-state index in [1.54, 1.807) is 11.7 Å². The van der Waals surface area contributed by atoms with Crippen LogP contribution in [0, 0.1) is 12.3 Å². The molecule has 1 aliphatic rings. The fourth-order valence-corrected chi connectivity index (χ4v) is 2.99. The minimum Gasteiger partial charge on any atom is -0.359 e. The van der Waals surface area contributed by atoms with Crippen molar-refractivity contribution >= 4 is 17.5 Å². The predicted molar refractivity (Wildman–Crippen MR) is 75.0 cm³/mol. The monoisotopic (exact) mass is 284 g/mol. The van der Waals surface area contributed by atoms with Gasteiger partial charge in [0.15, 0.2) is 0 Å². The molecule has 1 saturated heterocycles. The molecule has 6 heteroatoms. The molecule has 5 nitrogen and oxygen atoms in total. The van der Waals surface area contributed by atoms with Gasteiger partial charge in [-0.1, -0.05) is 11.6 Å². The van der Waals surface area contributed by atoms with E-state index in [9.17, 15) is 4.79 Å². The van der Waals surface area contributed by atoms with Crippen molar-refractivity contribution in [1.82, 2.24) is 20.0 Å². The summed E-state index contributed by atoms with van der Waals surface area (Å²) in [6.45, 7) is 6.41. The average Bonchev–Trinajstić information content (AvgIpc) is 2.86. The number of nitrogens with zero attached hydrogens (tertiary/aromatic N) is 3. The summed E-state index contributed by atoms with van der Waals surface area (Å²) in [5.74, 6) is 0.115. The number of amides is 1. The number of hydrogen-bond acceptors (Lipinski definition) is 3. The highest BCUT2D eigenvalue weighted by atomic mass is 35.5. The molecule has 0 bridgehead atoms. The van der Waals surface area contributed by atoms with Crippen LogP contribution in [0.5, 0.6) is 0 Å². The van der Waals surface area contributed by atoms with Crippen LogP contribution in [0.3, 0.4) is 0 Å². The van der Waals surface area contributed by atoms with Crippen LogP contribution in [-0.4, -0.2) is 40.7 Å². The minimum atomic E-state index is -0.294. The Bertz CT molecular complexity index is 499. The summed E-state index contributed by atoms with van der Waals surface area (Å²) in [7, 11) is 3.54. The smallest absolute Gasteiger partial charge is 0.227 e. The van der Waals surface area contributed by atoms with E-state index in [2.05, 4.69) is 15.3 Å². The molecule has 1 aromatic heterocycles. The summed E-state index contributed by atoms with van der Waals surface area (Å²) in [6.07, 6.45) is 0.879. The van der Waals surface area contributed by atoms with Gasteiger partial charge in [-0.3, -0.25) is 14.4 Å². The molecular weight excluding hydrogens is 264 g/mol. The number of rotatable bonds is 3. The second kappa shape index (κ2) is 5.13. The van der Waals surface area contributed by atoms with Gasteiger partial charge in [-0.2, -0.15) is 5.10 Å². The Hall–Kier alpha value is -1.07.